The van der Waals surface area contributed by atoms with Crippen molar-refractivity contribution in [3.05, 3.63) is 24.3 Å². The molecule has 0 unspecified atom stereocenters. The average Bonchev–Trinajstić information content (AvgIpc) is 2.99. The summed E-state index contributed by atoms with van der Waals surface area (Å²) in [4.78, 5) is 14.3. The van der Waals surface area contributed by atoms with Crippen LogP contribution in [0.3, 0.4) is 0 Å². The first-order valence-corrected chi connectivity index (χ1v) is 7.98. The monoisotopic (exact) mass is 314 g/mol. The molecule has 23 heavy (non-hydrogen) atoms. The highest BCUT2D eigenvalue weighted by Crippen LogP contribution is 2.20. The van der Waals surface area contributed by atoms with Gasteiger partial charge in [-0.3, -0.25) is 4.79 Å². The molecule has 7 nitrogen and oxygen atoms in total. The van der Waals surface area contributed by atoms with Gasteiger partial charge in [-0.1, -0.05) is 19.1 Å². The van der Waals surface area contributed by atoms with E-state index in [2.05, 4.69) is 27.8 Å². The fourth-order valence-electron chi connectivity index (χ4n) is 2.95. The molecule has 2 heterocycles. The number of carbonyl (C=O) groups is 1. The van der Waals surface area contributed by atoms with Gasteiger partial charge in [-0.25, -0.2) is 4.68 Å². The van der Waals surface area contributed by atoms with Crippen molar-refractivity contribution in [3.8, 4) is 11.4 Å². The van der Waals surface area contributed by atoms with Gasteiger partial charge in [0.15, 0.2) is 5.82 Å². The average molecular weight is 314 g/mol. The van der Waals surface area contributed by atoms with E-state index in [0.717, 1.165) is 30.8 Å². The number of anilines is 1. The van der Waals surface area contributed by atoms with Gasteiger partial charge in [0.25, 0.3) is 0 Å². The van der Waals surface area contributed by atoms with Crippen LogP contribution >= 0.6 is 0 Å². The lowest BCUT2D eigenvalue weighted by Crippen LogP contribution is -2.41. The van der Waals surface area contributed by atoms with E-state index in [4.69, 9.17) is 0 Å². The van der Waals surface area contributed by atoms with Crippen LogP contribution in [0.15, 0.2) is 24.3 Å². The number of rotatable bonds is 4. The number of hydrogen-bond acceptors (Lipinski definition) is 5. The summed E-state index contributed by atoms with van der Waals surface area (Å²) in [5.41, 5.74) is 1.81. The van der Waals surface area contributed by atoms with Crippen molar-refractivity contribution < 1.29 is 4.79 Å². The predicted octanol–water partition coefficient (Wildman–Crippen LogP) is 1.55. The maximum Gasteiger partial charge on any atom is 0.241 e. The molecule has 0 aliphatic carbocycles. The van der Waals surface area contributed by atoms with E-state index in [1.54, 1.807) is 11.7 Å². The number of aromatic nitrogens is 4. The molecule has 1 aliphatic heterocycles. The molecule has 1 N–H and O–H groups in total. The van der Waals surface area contributed by atoms with Gasteiger partial charge in [0.2, 0.25) is 5.91 Å². The predicted molar refractivity (Wildman–Crippen MR) is 87.7 cm³/mol. The number of tetrazole rings is 1. The van der Waals surface area contributed by atoms with Crippen LogP contribution in [-0.2, 0) is 11.8 Å². The topological polar surface area (TPSA) is 75.9 Å². The largest absolute Gasteiger partial charge is 0.376 e. The number of aryl methyl sites for hydroxylation is 1. The Morgan fingerprint density at radius 1 is 1.43 bits per heavy atom. The van der Waals surface area contributed by atoms with E-state index in [1.807, 2.05) is 29.2 Å². The molecule has 0 spiro atoms. The van der Waals surface area contributed by atoms with Crippen molar-refractivity contribution in [2.24, 2.45) is 13.0 Å². The number of piperidine rings is 1. The Labute approximate surface area is 135 Å². The Hall–Kier alpha value is -2.44. The zero-order valence-electron chi connectivity index (χ0n) is 13.6. The molecule has 2 aromatic rings. The van der Waals surface area contributed by atoms with Gasteiger partial charge in [-0.05, 0) is 41.3 Å². The van der Waals surface area contributed by atoms with Gasteiger partial charge in [0.1, 0.15) is 0 Å². The van der Waals surface area contributed by atoms with Gasteiger partial charge in [0.05, 0.1) is 6.54 Å². The van der Waals surface area contributed by atoms with Gasteiger partial charge in [-0.15, -0.1) is 5.10 Å². The first-order valence-electron chi connectivity index (χ1n) is 7.98. The van der Waals surface area contributed by atoms with Crippen LogP contribution < -0.4 is 5.32 Å². The third-order valence-corrected chi connectivity index (χ3v) is 4.19. The van der Waals surface area contributed by atoms with Crippen LogP contribution in [0.5, 0.6) is 0 Å². The maximum atomic E-state index is 12.3. The van der Waals surface area contributed by atoms with Gasteiger partial charge < -0.3 is 10.2 Å². The maximum absolute atomic E-state index is 12.3. The van der Waals surface area contributed by atoms with Crippen molar-refractivity contribution in [2.75, 3.05) is 25.0 Å². The molecular formula is C16H22N6O. The second kappa shape index (κ2) is 6.76. The lowest BCUT2D eigenvalue weighted by Gasteiger charge is -2.31. The second-order valence-corrected chi connectivity index (χ2v) is 6.15. The van der Waals surface area contributed by atoms with Gasteiger partial charge in [0, 0.05) is 31.4 Å². The fraction of sp³-hybridized carbons (Fsp3) is 0.500. The van der Waals surface area contributed by atoms with E-state index < -0.39 is 0 Å². The van der Waals surface area contributed by atoms with Crippen molar-refractivity contribution >= 4 is 11.6 Å². The minimum Gasteiger partial charge on any atom is -0.376 e. The summed E-state index contributed by atoms with van der Waals surface area (Å²) in [6, 6.07) is 7.78. The molecule has 7 heteroatoms. The van der Waals surface area contributed by atoms with Crippen LogP contribution in [0, 0.1) is 5.92 Å². The zero-order chi connectivity index (χ0) is 16.2. The molecule has 3 rings (SSSR count). The Bertz CT molecular complexity index is 683. The Morgan fingerprint density at radius 2 is 2.30 bits per heavy atom. The molecule has 122 valence electrons. The van der Waals surface area contributed by atoms with Crippen LogP contribution in [0.4, 0.5) is 5.69 Å². The Balaban J connectivity index is 1.62. The van der Waals surface area contributed by atoms with Crippen LogP contribution in [0.1, 0.15) is 19.8 Å². The highest BCUT2D eigenvalue weighted by molar-refractivity contribution is 5.81. The number of nitrogens with one attached hydrogen (secondary N) is 1. The zero-order valence-corrected chi connectivity index (χ0v) is 13.6. The number of nitrogens with zero attached hydrogens (tertiary/aromatic N) is 5. The van der Waals surface area contributed by atoms with Crippen molar-refractivity contribution in [2.45, 2.75) is 19.8 Å². The third kappa shape index (κ3) is 3.67. The second-order valence-electron chi connectivity index (χ2n) is 6.15. The molecule has 1 aromatic heterocycles. The van der Waals surface area contributed by atoms with Gasteiger partial charge >= 0.3 is 0 Å². The molecule has 1 amide bonds. The highest BCUT2D eigenvalue weighted by Gasteiger charge is 2.20. The minimum absolute atomic E-state index is 0.155. The normalized spacial score (nSPS) is 18.0. The SMILES string of the molecule is C[C@@H]1CCCN(C(=O)CNc2cccc(-c3nnnn3C)c2)C1. The third-order valence-electron chi connectivity index (χ3n) is 4.19. The summed E-state index contributed by atoms with van der Waals surface area (Å²) < 4.78 is 1.62. The lowest BCUT2D eigenvalue weighted by molar-refractivity contribution is -0.130. The van der Waals surface area contributed by atoms with E-state index in [9.17, 15) is 4.79 Å². The van der Waals surface area contributed by atoms with E-state index >= 15 is 0 Å². The summed E-state index contributed by atoms with van der Waals surface area (Å²) in [7, 11) is 1.80. The van der Waals surface area contributed by atoms with Crippen molar-refractivity contribution in [1.82, 2.24) is 25.1 Å². The molecule has 1 saturated heterocycles. The van der Waals surface area contributed by atoms with Crippen molar-refractivity contribution in [3.63, 3.8) is 0 Å². The number of likely N-dealkylation sites (tertiary alicyclic amines) is 1. The van der Waals surface area contributed by atoms with Crippen LogP contribution in [0.2, 0.25) is 0 Å². The molecule has 0 saturated carbocycles. The molecule has 0 bridgehead atoms. The fourth-order valence-corrected chi connectivity index (χ4v) is 2.95. The Morgan fingerprint density at radius 3 is 3.04 bits per heavy atom. The lowest BCUT2D eigenvalue weighted by atomic mass is 10.0. The van der Waals surface area contributed by atoms with Crippen LogP contribution in [0.25, 0.3) is 11.4 Å². The molecule has 1 aromatic carbocycles. The quantitative estimate of drug-likeness (QED) is 0.926. The molecule has 0 radical (unpaired) electrons. The summed E-state index contributed by atoms with van der Waals surface area (Å²) in [5.74, 6) is 1.45. The minimum atomic E-state index is 0.155. The number of benzene rings is 1. The summed E-state index contributed by atoms with van der Waals surface area (Å²) in [6.07, 6.45) is 2.31. The number of carbonyl (C=O) groups excluding carboxylic acids is 1. The number of amides is 1. The molecular weight excluding hydrogens is 292 g/mol. The smallest absolute Gasteiger partial charge is 0.241 e. The van der Waals surface area contributed by atoms with Crippen molar-refractivity contribution in [1.29, 1.82) is 0 Å². The molecule has 1 atom stereocenters. The Kier molecular flexibility index (Phi) is 4.55. The summed E-state index contributed by atoms with van der Waals surface area (Å²) >= 11 is 0. The summed E-state index contributed by atoms with van der Waals surface area (Å²) in [5, 5.41) is 14.7. The van der Waals surface area contributed by atoms with Crippen LogP contribution in [-0.4, -0.2) is 50.6 Å². The first kappa shape index (κ1) is 15.5. The summed E-state index contributed by atoms with van der Waals surface area (Å²) in [6.45, 7) is 4.25. The van der Waals surface area contributed by atoms with E-state index in [-0.39, 0.29) is 5.91 Å². The molecule has 1 aliphatic rings. The standard InChI is InChI=1S/C16H22N6O/c1-12-5-4-8-22(11-12)15(23)10-17-14-7-3-6-13(9-14)16-18-19-20-21(16)2/h3,6-7,9,12,17H,4-5,8,10-11H2,1-2H3/t12-/m1/s1. The number of hydrogen-bond donors (Lipinski definition) is 1. The van der Waals surface area contributed by atoms with E-state index in [0.29, 0.717) is 18.3 Å². The van der Waals surface area contributed by atoms with E-state index in [1.165, 1.54) is 6.42 Å². The highest BCUT2D eigenvalue weighted by atomic mass is 16.2. The first-order chi connectivity index (χ1) is 11.1. The van der Waals surface area contributed by atoms with Gasteiger partial charge in [-0.2, -0.15) is 0 Å². The molecule has 1 fully saturated rings.